The van der Waals surface area contributed by atoms with E-state index < -0.39 is 5.97 Å². The lowest BCUT2D eigenvalue weighted by Crippen LogP contribution is -2.22. The first kappa shape index (κ1) is 15.9. The number of aromatic nitrogens is 3. The van der Waals surface area contributed by atoms with Crippen LogP contribution < -0.4 is 5.32 Å². The van der Waals surface area contributed by atoms with Crippen LogP contribution in [-0.2, 0) is 13.6 Å². The molecule has 2 N–H and O–H groups in total. The molecule has 1 aromatic carbocycles. The molecule has 1 amide bonds. The Morgan fingerprint density at radius 1 is 1.29 bits per heavy atom. The highest BCUT2D eigenvalue weighted by molar-refractivity contribution is 7.15. The molecule has 2 aromatic heterocycles. The Morgan fingerprint density at radius 2 is 2.08 bits per heavy atom. The van der Waals surface area contributed by atoms with Gasteiger partial charge in [-0.1, -0.05) is 18.2 Å². The van der Waals surface area contributed by atoms with E-state index in [1.807, 2.05) is 0 Å². The van der Waals surface area contributed by atoms with Crippen LogP contribution in [-0.4, -0.2) is 31.7 Å². The van der Waals surface area contributed by atoms with Crippen LogP contribution in [0.5, 0.6) is 0 Å². The predicted octanol–water partition coefficient (Wildman–Crippen LogP) is 2.17. The zero-order valence-electron chi connectivity index (χ0n) is 12.8. The van der Waals surface area contributed by atoms with Crippen molar-refractivity contribution in [2.75, 3.05) is 0 Å². The summed E-state index contributed by atoms with van der Waals surface area (Å²) in [5, 5.41) is 16.7. The third kappa shape index (κ3) is 3.33. The summed E-state index contributed by atoms with van der Waals surface area (Å²) in [4.78, 5) is 28.3. The molecule has 3 rings (SSSR count). The molecule has 0 aliphatic heterocycles. The minimum atomic E-state index is -0.981. The summed E-state index contributed by atoms with van der Waals surface area (Å²) in [7, 11) is 1.74. The van der Waals surface area contributed by atoms with E-state index in [9.17, 15) is 14.7 Å². The average molecular weight is 342 g/mol. The van der Waals surface area contributed by atoms with Gasteiger partial charge in [-0.2, -0.15) is 5.10 Å². The molecular formula is C16H14N4O3S. The topological polar surface area (TPSA) is 97.1 Å². The molecule has 0 atom stereocenters. The van der Waals surface area contributed by atoms with Crippen LogP contribution in [0.4, 0.5) is 0 Å². The summed E-state index contributed by atoms with van der Waals surface area (Å²) in [5.41, 5.74) is 1.32. The fraction of sp³-hybridized carbons (Fsp3) is 0.125. The first-order chi connectivity index (χ1) is 11.5. The standard InChI is InChI=1S/C16H14N4O3S/c1-20-9-10(6-19-20)15(21)18-8-14-17-7-13(24-14)11-4-2-3-5-12(11)16(22)23/h2-7,9H,8H2,1H3,(H,18,21)(H,22,23). The van der Waals surface area contributed by atoms with E-state index in [4.69, 9.17) is 0 Å². The number of carboxylic acid groups (broad SMARTS) is 1. The second kappa shape index (κ2) is 6.63. The SMILES string of the molecule is Cn1cc(C(=O)NCc2ncc(-c3ccccc3C(=O)O)s2)cn1. The molecule has 8 heteroatoms. The van der Waals surface area contributed by atoms with E-state index >= 15 is 0 Å². The molecule has 0 aliphatic carbocycles. The number of hydrogen-bond donors (Lipinski definition) is 2. The fourth-order valence-corrected chi connectivity index (χ4v) is 3.09. The normalized spacial score (nSPS) is 10.5. The Morgan fingerprint density at radius 3 is 2.79 bits per heavy atom. The van der Waals surface area contributed by atoms with Gasteiger partial charge in [0.05, 0.1) is 28.7 Å². The molecule has 7 nitrogen and oxygen atoms in total. The van der Waals surface area contributed by atoms with Crippen molar-refractivity contribution in [2.24, 2.45) is 7.05 Å². The Labute approximate surface area is 141 Å². The monoisotopic (exact) mass is 342 g/mol. The predicted molar refractivity (Wildman–Crippen MR) is 88.9 cm³/mol. The van der Waals surface area contributed by atoms with Crippen molar-refractivity contribution in [1.82, 2.24) is 20.1 Å². The van der Waals surface area contributed by atoms with Gasteiger partial charge in [0.2, 0.25) is 0 Å². The van der Waals surface area contributed by atoms with E-state index in [0.29, 0.717) is 16.1 Å². The molecule has 0 unspecified atom stereocenters. The second-order valence-electron chi connectivity index (χ2n) is 5.05. The van der Waals surface area contributed by atoms with Crippen molar-refractivity contribution in [2.45, 2.75) is 6.54 Å². The molecular weight excluding hydrogens is 328 g/mol. The zero-order chi connectivity index (χ0) is 17.1. The van der Waals surface area contributed by atoms with Gasteiger partial charge in [0.25, 0.3) is 5.91 Å². The molecule has 24 heavy (non-hydrogen) atoms. The molecule has 0 saturated heterocycles. The number of nitrogens with zero attached hydrogens (tertiary/aromatic N) is 3. The summed E-state index contributed by atoms with van der Waals surface area (Å²) < 4.78 is 1.55. The second-order valence-corrected chi connectivity index (χ2v) is 6.17. The van der Waals surface area contributed by atoms with Gasteiger partial charge in [0.15, 0.2) is 0 Å². The summed E-state index contributed by atoms with van der Waals surface area (Å²) >= 11 is 1.35. The highest BCUT2D eigenvalue weighted by Gasteiger charge is 2.14. The van der Waals surface area contributed by atoms with Gasteiger partial charge in [0.1, 0.15) is 5.01 Å². The Hall–Kier alpha value is -3.00. The molecule has 2 heterocycles. The maximum absolute atomic E-state index is 12.0. The number of carbonyl (C=O) groups is 2. The first-order valence-electron chi connectivity index (χ1n) is 7.09. The highest BCUT2D eigenvalue weighted by Crippen LogP contribution is 2.29. The van der Waals surface area contributed by atoms with Crippen molar-refractivity contribution in [1.29, 1.82) is 0 Å². The Balaban J connectivity index is 1.72. The summed E-state index contributed by atoms with van der Waals surface area (Å²) in [6.45, 7) is 0.271. The first-order valence-corrected chi connectivity index (χ1v) is 7.90. The Kier molecular flexibility index (Phi) is 4.39. The van der Waals surface area contributed by atoms with Crippen LogP contribution in [0.3, 0.4) is 0 Å². The molecule has 0 saturated carbocycles. The number of benzene rings is 1. The van der Waals surface area contributed by atoms with Crippen molar-refractivity contribution in [3.05, 3.63) is 59.0 Å². The summed E-state index contributed by atoms with van der Waals surface area (Å²) in [6.07, 6.45) is 4.75. The van der Waals surface area contributed by atoms with Crippen molar-refractivity contribution in [3.8, 4) is 10.4 Å². The molecule has 0 bridgehead atoms. The van der Waals surface area contributed by atoms with E-state index in [1.165, 1.54) is 17.5 Å². The molecule has 3 aromatic rings. The zero-order valence-corrected chi connectivity index (χ0v) is 13.6. The summed E-state index contributed by atoms with van der Waals surface area (Å²) in [6, 6.07) is 6.77. The van der Waals surface area contributed by atoms with Crippen LogP contribution >= 0.6 is 11.3 Å². The van der Waals surface area contributed by atoms with Crippen molar-refractivity contribution < 1.29 is 14.7 Å². The van der Waals surface area contributed by atoms with Crippen LogP contribution in [0, 0.1) is 0 Å². The fourth-order valence-electron chi connectivity index (χ4n) is 2.20. The van der Waals surface area contributed by atoms with E-state index in [0.717, 1.165) is 4.88 Å². The summed E-state index contributed by atoms with van der Waals surface area (Å²) in [5.74, 6) is -1.21. The molecule has 0 aliphatic rings. The van der Waals surface area contributed by atoms with Crippen LogP contribution in [0.25, 0.3) is 10.4 Å². The lowest BCUT2D eigenvalue weighted by atomic mass is 10.1. The molecule has 0 radical (unpaired) electrons. The third-order valence-corrected chi connectivity index (χ3v) is 4.37. The molecule has 122 valence electrons. The van der Waals surface area contributed by atoms with Gasteiger partial charge in [-0.15, -0.1) is 11.3 Å². The average Bonchev–Trinajstić information content (AvgIpc) is 3.21. The third-order valence-electron chi connectivity index (χ3n) is 3.34. The number of aryl methyl sites for hydroxylation is 1. The van der Waals surface area contributed by atoms with Gasteiger partial charge in [0, 0.05) is 25.0 Å². The van der Waals surface area contributed by atoms with Crippen LogP contribution in [0.1, 0.15) is 25.7 Å². The van der Waals surface area contributed by atoms with Crippen molar-refractivity contribution in [3.63, 3.8) is 0 Å². The van der Waals surface area contributed by atoms with Gasteiger partial charge in [-0.05, 0) is 6.07 Å². The molecule has 0 fully saturated rings. The quantitative estimate of drug-likeness (QED) is 0.741. The van der Waals surface area contributed by atoms with Gasteiger partial charge < -0.3 is 10.4 Å². The molecule has 0 spiro atoms. The number of carboxylic acids is 1. The number of aromatic carboxylic acids is 1. The maximum atomic E-state index is 12.0. The number of hydrogen-bond acceptors (Lipinski definition) is 5. The van der Waals surface area contributed by atoms with E-state index in [-0.39, 0.29) is 18.0 Å². The Bertz CT molecular complexity index is 900. The number of nitrogens with one attached hydrogen (secondary N) is 1. The number of carbonyl (C=O) groups excluding carboxylic acids is 1. The van der Waals surface area contributed by atoms with Gasteiger partial charge in [-0.3, -0.25) is 9.48 Å². The van der Waals surface area contributed by atoms with Crippen LogP contribution in [0.2, 0.25) is 0 Å². The number of amides is 1. The minimum Gasteiger partial charge on any atom is -0.478 e. The van der Waals surface area contributed by atoms with Gasteiger partial charge in [-0.25, -0.2) is 9.78 Å². The number of rotatable bonds is 5. The highest BCUT2D eigenvalue weighted by atomic mass is 32.1. The van der Waals surface area contributed by atoms with Crippen LogP contribution in [0.15, 0.2) is 42.9 Å². The van der Waals surface area contributed by atoms with Gasteiger partial charge >= 0.3 is 5.97 Å². The lowest BCUT2D eigenvalue weighted by Gasteiger charge is -2.02. The smallest absolute Gasteiger partial charge is 0.336 e. The van der Waals surface area contributed by atoms with E-state index in [2.05, 4.69) is 15.4 Å². The lowest BCUT2D eigenvalue weighted by molar-refractivity contribution is 0.0697. The minimum absolute atomic E-state index is 0.229. The maximum Gasteiger partial charge on any atom is 0.336 e. The largest absolute Gasteiger partial charge is 0.478 e. The van der Waals surface area contributed by atoms with Crippen molar-refractivity contribution >= 4 is 23.2 Å². The number of thiazole rings is 1. The van der Waals surface area contributed by atoms with E-state index in [1.54, 1.807) is 48.4 Å².